The van der Waals surface area contributed by atoms with Gasteiger partial charge in [0, 0.05) is 22.7 Å². The SMILES string of the molecule is Cc1ccc(Br)cc1NCC1CC(N)C1. The van der Waals surface area contributed by atoms with Gasteiger partial charge in [0.05, 0.1) is 0 Å². The lowest BCUT2D eigenvalue weighted by Gasteiger charge is -2.32. The van der Waals surface area contributed by atoms with E-state index >= 15 is 0 Å². The van der Waals surface area contributed by atoms with Crippen molar-refractivity contribution < 1.29 is 0 Å². The van der Waals surface area contributed by atoms with Crippen LogP contribution in [0.3, 0.4) is 0 Å². The quantitative estimate of drug-likeness (QED) is 0.885. The second-order valence-corrected chi connectivity index (χ2v) is 5.35. The van der Waals surface area contributed by atoms with Crippen molar-refractivity contribution in [3.05, 3.63) is 28.2 Å². The van der Waals surface area contributed by atoms with Gasteiger partial charge in [-0.3, -0.25) is 0 Å². The summed E-state index contributed by atoms with van der Waals surface area (Å²) in [7, 11) is 0. The Hall–Kier alpha value is -0.540. The highest BCUT2D eigenvalue weighted by Crippen LogP contribution is 2.27. The van der Waals surface area contributed by atoms with Gasteiger partial charge in [-0.2, -0.15) is 0 Å². The Kier molecular flexibility index (Phi) is 3.32. The molecule has 0 atom stereocenters. The third-order valence-electron chi connectivity index (χ3n) is 3.05. The van der Waals surface area contributed by atoms with E-state index in [0.717, 1.165) is 16.9 Å². The van der Waals surface area contributed by atoms with E-state index in [4.69, 9.17) is 5.73 Å². The van der Waals surface area contributed by atoms with Gasteiger partial charge in [0.2, 0.25) is 0 Å². The minimum Gasteiger partial charge on any atom is -0.385 e. The van der Waals surface area contributed by atoms with E-state index in [2.05, 4.69) is 46.4 Å². The lowest BCUT2D eigenvalue weighted by atomic mass is 9.81. The van der Waals surface area contributed by atoms with Crippen LogP contribution in [0.2, 0.25) is 0 Å². The molecule has 1 aromatic rings. The van der Waals surface area contributed by atoms with Crippen molar-refractivity contribution in [1.29, 1.82) is 0 Å². The molecule has 1 aliphatic rings. The Balaban J connectivity index is 1.90. The van der Waals surface area contributed by atoms with Gasteiger partial charge in [-0.1, -0.05) is 22.0 Å². The molecule has 3 heteroatoms. The summed E-state index contributed by atoms with van der Waals surface area (Å²) in [6, 6.07) is 6.77. The molecular formula is C12H17BrN2. The number of anilines is 1. The van der Waals surface area contributed by atoms with E-state index in [1.165, 1.54) is 24.1 Å². The van der Waals surface area contributed by atoms with Crippen molar-refractivity contribution in [2.75, 3.05) is 11.9 Å². The van der Waals surface area contributed by atoms with Crippen molar-refractivity contribution in [3.63, 3.8) is 0 Å². The van der Waals surface area contributed by atoms with Gasteiger partial charge >= 0.3 is 0 Å². The highest BCUT2D eigenvalue weighted by molar-refractivity contribution is 9.10. The van der Waals surface area contributed by atoms with Gasteiger partial charge in [-0.15, -0.1) is 0 Å². The molecule has 0 radical (unpaired) electrons. The molecule has 0 spiro atoms. The van der Waals surface area contributed by atoms with Gasteiger partial charge in [0.1, 0.15) is 0 Å². The summed E-state index contributed by atoms with van der Waals surface area (Å²) in [5.41, 5.74) is 8.28. The molecule has 82 valence electrons. The molecule has 0 aliphatic heterocycles. The van der Waals surface area contributed by atoms with Crippen LogP contribution in [-0.2, 0) is 0 Å². The van der Waals surface area contributed by atoms with E-state index in [9.17, 15) is 0 Å². The molecule has 1 fully saturated rings. The Morgan fingerprint density at radius 3 is 2.87 bits per heavy atom. The topological polar surface area (TPSA) is 38.0 Å². The average Bonchev–Trinajstić information content (AvgIpc) is 2.16. The van der Waals surface area contributed by atoms with E-state index in [-0.39, 0.29) is 0 Å². The van der Waals surface area contributed by atoms with Crippen LogP contribution in [0.1, 0.15) is 18.4 Å². The van der Waals surface area contributed by atoms with Crippen LogP contribution in [-0.4, -0.2) is 12.6 Å². The van der Waals surface area contributed by atoms with Crippen LogP contribution in [0.15, 0.2) is 22.7 Å². The summed E-state index contributed by atoms with van der Waals surface area (Å²) >= 11 is 3.48. The number of benzene rings is 1. The van der Waals surface area contributed by atoms with Crippen molar-refractivity contribution in [3.8, 4) is 0 Å². The molecule has 0 heterocycles. The molecular weight excluding hydrogens is 252 g/mol. The van der Waals surface area contributed by atoms with Gasteiger partial charge < -0.3 is 11.1 Å². The van der Waals surface area contributed by atoms with Crippen molar-refractivity contribution >= 4 is 21.6 Å². The van der Waals surface area contributed by atoms with Crippen molar-refractivity contribution in [1.82, 2.24) is 0 Å². The fraction of sp³-hybridized carbons (Fsp3) is 0.500. The first kappa shape index (κ1) is 11.0. The van der Waals surface area contributed by atoms with E-state index in [1.807, 2.05) is 0 Å². The highest BCUT2D eigenvalue weighted by atomic mass is 79.9. The molecule has 3 N–H and O–H groups in total. The predicted octanol–water partition coefficient (Wildman–Crippen LogP) is 2.91. The zero-order valence-corrected chi connectivity index (χ0v) is 10.5. The molecule has 0 aromatic heterocycles. The molecule has 1 aliphatic carbocycles. The molecule has 0 unspecified atom stereocenters. The lowest BCUT2D eigenvalue weighted by molar-refractivity contribution is 0.280. The van der Waals surface area contributed by atoms with Crippen molar-refractivity contribution in [2.24, 2.45) is 11.7 Å². The van der Waals surface area contributed by atoms with Crippen LogP contribution in [0.5, 0.6) is 0 Å². The normalized spacial score (nSPS) is 24.7. The van der Waals surface area contributed by atoms with Crippen LogP contribution in [0.4, 0.5) is 5.69 Å². The molecule has 15 heavy (non-hydrogen) atoms. The molecule has 1 aromatic carbocycles. The summed E-state index contributed by atoms with van der Waals surface area (Å²) in [5.74, 6) is 0.762. The molecule has 2 rings (SSSR count). The van der Waals surface area contributed by atoms with Gasteiger partial charge in [0.25, 0.3) is 0 Å². The zero-order chi connectivity index (χ0) is 10.8. The third-order valence-corrected chi connectivity index (χ3v) is 3.55. The molecule has 0 amide bonds. The maximum atomic E-state index is 5.76. The molecule has 0 bridgehead atoms. The summed E-state index contributed by atoms with van der Waals surface area (Å²) in [6.07, 6.45) is 2.33. The minimum atomic E-state index is 0.445. The van der Waals surface area contributed by atoms with Crippen LogP contribution < -0.4 is 11.1 Å². The van der Waals surface area contributed by atoms with E-state index in [1.54, 1.807) is 0 Å². The minimum absolute atomic E-state index is 0.445. The maximum absolute atomic E-state index is 5.76. The third kappa shape index (κ3) is 2.73. The van der Waals surface area contributed by atoms with Crippen LogP contribution >= 0.6 is 15.9 Å². The van der Waals surface area contributed by atoms with E-state index in [0.29, 0.717) is 6.04 Å². The van der Waals surface area contributed by atoms with Crippen LogP contribution in [0, 0.1) is 12.8 Å². The first-order valence-electron chi connectivity index (χ1n) is 5.41. The largest absolute Gasteiger partial charge is 0.385 e. The van der Waals surface area contributed by atoms with Crippen molar-refractivity contribution in [2.45, 2.75) is 25.8 Å². The molecule has 1 saturated carbocycles. The smallest absolute Gasteiger partial charge is 0.0381 e. The summed E-state index contributed by atoms with van der Waals surface area (Å²) in [5, 5.41) is 3.49. The maximum Gasteiger partial charge on any atom is 0.0381 e. The number of aryl methyl sites for hydroxylation is 1. The fourth-order valence-corrected chi connectivity index (χ4v) is 2.35. The monoisotopic (exact) mass is 268 g/mol. The lowest BCUT2D eigenvalue weighted by Crippen LogP contribution is -2.39. The first-order chi connectivity index (χ1) is 7.15. The van der Waals surface area contributed by atoms with Gasteiger partial charge in [-0.25, -0.2) is 0 Å². The molecule has 0 saturated heterocycles. The predicted molar refractivity (Wildman–Crippen MR) is 68.1 cm³/mol. The van der Waals surface area contributed by atoms with Gasteiger partial charge in [0.15, 0.2) is 0 Å². The number of hydrogen-bond donors (Lipinski definition) is 2. The van der Waals surface area contributed by atoms with E-state index < -0.39 is 0 Å². The number of hydrogen-bond acceptors (Lipinski definition) is 2. The summed E-state index contributed by atoms with van der Waals surface area (Å²) in [6.45, 7) is 3.17. The Morgan fingerprint density at radius 2 is 2.20 bits per heavy atom. The number of halogens is 1. The molecule has 2 nitrogen and oxygen atoms in total. The second-order valence-electron chi connectivity index (χ2n) is 4.44. The summed E-state index contributed by atoms with van der Waals surface area (Å²) in [4.78, 5) is 0. The Morgan fingerprint density at radius 1 is 1.47 bits per heavy atom. The number of nitrogens with two attached hydrogens (primary N) is 1. The Bertz CT molecular complexity index is 345. The fourth-order valence-electron chi connectivity index (χ4n) is 1.99. The highest BCUT2D eigenvalue weighted by Gasteiger charge is 2.25. The second kappa shape index (κ2) is 4.54. The number of rotatable bonds is 3. The van der Waals surface area contributed by atoms with Crippen LogP contribution in [0.25, 0.3) is 0 Å². The standard InChI is InChI=1S/C12H17BrN2/c1-8-2-3-10(13)6-12(8)15-7-9-4-11(14)5-9/h2-3,6,9,11,15H,4-5,7,14H2,1H3. The average molecular weight is 269 g/mol. The number of nitrogens with one attached hydrogen (secondary N) is 1. The first-order valence-corrected chi connectivity index (χ1v) is 6.20. The Labute approximate surface area is 99.4 Å². The zero-order valence-electron chi connectivity index (χ0n) is 8.96. The summed E-state index contributed by atoms with van der Waals surface area (Å²) < 4.78 is 1.13. The van der Waals surface area contributed by atoms with Gasteiger partial charge in [-0.05, 0) is 43.4 Å².